The second-order valence-corrected chi connectivity index (χ2v) is 9.77. The van der Waals surface area contributed by atoms with Crippen molar-refractivity contribution in [3.05, 3.63) is 0 Å². The van der Waals surface area contributed by atoms with Gasteiger partial charge in [0, 0.05) is 0 Å². The number of nitrogens with zero attached hydrogens (tertiary/aromatic N) is 5. The maximum atomic E-state index is 4.86. The summed E-state index contributed by atoms with van der Waals surface area (Å²) in [6, 6.07) is 0. The van der Waals surface area contributed by atoms with Crippen molar-refractivity contribution in [1.29, 1.82) is 0 Å². The van der Waals surface area contributed by atoms with Gasteiger partial charge in [-0.2, -0.15) is 0 Å². The number of guanidine groups is 1. The van der Waals surface area contributed by atoms with Crippen LogP contribution in [0.25, 0.3) is 0 Å². The van der Waals surface area contributed by atoms with Crippen molar-refractivity contribution in [3.8, 4) is 0 Å². The Labute approximate surface area is 99.1 Å². The molecule has 0 aromatic rings. The third-order valence-corrected chi connectivity index (χ3v) is 6.00. The van der Waals surface area contributed by atoms with Crippen molar-refractivity contribution in [1.82, 2.24) is 17.5 Å². The monoisotopic (exact) mass is 276 g/mol. The molecule has 0 bridgehead atoms. The zero-order valence-electron chi connectivity index (χ0n) is 11.2. The molecule has 0 spiro atoms. The molecule has 0 aliphatic carbocycles. The van der Waals surface area contributed by atoms with E-state index < -0.39 is 15.0 Å². The van der Waals surface area contributed by atoms with Gasteiger partial charge >= 0.3 is 98.8 Å². The molecule has 0 fully saturated rings. The third kappa shape index (κ3) is 4.85. The molecule has 15 heavy (non-hydrogen) atoms. The summed E-state index contributed by atoms with van der Waals surface area (Å²) in [6.07, 6.45) is 0. The van der Waals surface area contributed by atoms with Crippen molar-refractivity contribution >= 4 is 21.0 Å². The molecule has 1 radical (unpaired) electrons. The van der Waals surface area contributed by atoms with Crippen LogP contribution in [0, 0.1) is 0 Å². The Morgan fingerprint density at radius 1 is 0.733 bits per heavy atom. The van der Waals surface area contributed by atoms with E-state index in [9.17, 15) is 0 Å². The van der Waals surface area contributed by atoms with E-state index in [1.807, 2.05) is 28.2 Å². The van der Waals surface area contributed by atoms with E-state index in [-0.39, 0.29) is 0 Å². The fourth-order valence-electron chi connectivity index (χ4n) is 1.29. The van der Waals surface area contributed by atoms with E-state index in [2.05, 4.69) is 45.7 Å². The molecule has 6 heteroatoms. The van der Waals surface area contributed by atoms with Gasteiger partial charge in [0.2, 0.25) is 0 Å². The van der Waals surface area contributed by atoms with Crippen molar-refractivity contribution < 1.29 is 0 Å². The van der Waals surface area contributed by atoms with Crippen LogP contribution < -0.4 is 0 Å². The van der Waals surface area contributed by atoms with Crippen LogP contribution >= 0.6 is 0 Å². The molecule has 0 N–H and O–H groups in total. The normalized spacial score (nSPS) is 11.1. The van der Waals surface area contributed by atoms with E-state index in [4.69, 9.17) is 3.95 Å². The number of hydrogen-bond acceptors (Lipinski definition) is 3. The molecule has 89 valence electrons. The molecule has 5 nitrogen and oxygen atoms in total. The Kier molecular flexibility index (Phi) is 6.23. The first-order chi connectivity index (χ1) is 6.77. The molecule has 0 aromatic heterocycles. The van der Waals surface area contributed by atoms with Crippen LogP contribution in [0.5, 0.6) is 0 Å². The Hall–Kier alpha value is -0.267. The van der Waals surface area contributed by atoms with Gasteiger partial charge in [0.25, 0.3) is 0 Å². The molecule has 0 aromatic carbocycles. The summed E-state index contributed by atoms with van der Waals surface area (Å²) in [5.74, 6) is 1.03. The Morgan fingerprint density at radius 2 is 1.07 bits per heavy atom. The van der Waals surface area contributed by atoms with Crippen molar-refractivity contribution in [3.63, 3.8) is 0 Å². The van der Waals surface area contributed by atoms with E-state index in [1.54, 1.807) is 0 Å². The SMILES string of the molecule is CN(C)C(=[N][Ge]([N](C)C)[N](C)C)N(C)C. The summed E-state index contributed by atoms with van der Waals surface area (Å²) in [4.78, 5) is 4.11. The van der Waals surface area contributed by atoms with Crippen LogP contribution in [0.2, 0.25) is 0 Å². The molecular formula is C9H24GeN5. The van der Waals surface area contributed by atoms with Gasteiger partial charge in [-0.3, -0.25) is 0 Å². The van der Waals surface area contributed by atoms with E-state index in [0.717, 1.165) is 5.96 Å². The standard InChI is InChI=1S/C9H24GeN5/c1-12(2)9(13(3)4)11-10(14(5)6)15(7)8/h1-8H3. The summed E-state index contributed by atoms with van der Waals surface area (Å²) >= 11 is -1.67. The van der Waals surface area contributed by atoms with Crippen molar-refractivity contribution in [2.24, 2.45) is 3.95 Å². The molecule has 0 aliphatic heterocycles. The van der Waals surface area contributed by atoms with Crippen molar-refractivity contribution in [2.45, 2.75) is 0 Å². The molecule has 0 rings (SSSR count). The average molecular weight is 275 g/mol. The van der Waals surface area contributed by atoms with Gasteiger partial charge in [-0.05, 0) is 0 Å². The fraction of sp³-hybridized carbons (Fsp3) is 0.889. The average Bonchev–Trinajstić information content (AvgIpc) is 2.01. The van der Waals surface area contributed by atoms with Crippen molar-refractivity contribution in [2.75, 3.05) is 56.4 Å². The first kappa shape index (κ1) is 14.7. The number of rotatable bonds is 3. The predicted molar refractivity (Wildman–Crippen MR) is 67.9 cm³/mol. The van der Waals surface area contributed by atoms with Crippen LogP contribution in [0.15, 0.2) is 3.95 Å². The van der Waals surface area contributed by atoms with Gasteiger partial charge in [-0.25, -0.2) is 0 Å². The topological polar surface area (TPSA) is 25.3 Å². The number of hydrogen-bond donors (Lipinski definition) is 0. The predicted octanol–water partition coefficient (Wildman–Crippen LogP) is -0.426. The molecular weight excluding hydrogens is 251 g/mol. The summed E-state index contributed by atoms with van der Waals surface area (Å²) in [5, 5.41) is 0. The van der Waals surface area contributed by atoms with Gasteiger partial charge < -0.3 is 0 Å². The van der Waals surface area contributed by atoms with Crippen LogP contribution in [-0.2, 0) is 0 Å². The van der Waals surface area contributed by atoms with Gasteiger partial charge in [-0.15, -0.1) is 0 Å². The van der Waals surface area contributed by atoms with Gasteiger partial charge in [0.05, 0.1) is 0 Å². The first-order valence-corrected chi connectivity index (χ1v) is 7.73. The summed E-state index contributed by atoms with van der Waals surface area (Å²) < 4.78 is 9.35. The Balaban J connectivity index is 4.91. The molecule has 0 amide bonds. The van der Waals surface area contributed by atoms with Crippen LogP contribution in [0.1, 0.15) is 0 Å². The molecule has 0 atom stereocenters. The second-order valence-electron chi connectivity index (χ2n) is 4.29. The van der Waals surface area contributed by atoms with Gasteiger partial charge in [0.1, 0.15) is 0 Å². The van der Waals surface area contributed by atoms with E-state index in [1.165, 1.54) is 0 Å². The quantitative estimate of drug-likeness (QED) is 0.396. The summed E-state index contributed by atoms with van der Waals surface area (Å²) in [5.41, 5.74) is 0. The Morgan fingerprint density at radius 3 is 1.27 bits per heavy atom. The molecule has 0 saturated heterocycles. The third-order valence-electron chi connectivity index (χ3n) is 1.80. The molecule has 0 unspecified atom stereocenters. The minimum atomic E-state index is -1.67. The van der Waals surface area contributed by atoms with Gasteiger partial charge in [-0.1, -0.05) is 0 Å². The minimum absolute atomic E-state index is 1.03. The maximum absolute atomic E-state index is 4.86. The molecule has 0 heterocycles. The summed E-state index contributed by atoms with van der Waals surface area (Å²) in [7, 11) is 16.5. The van der Waals surface area contributed by atoms with Crippen LogP contribution in [-0.4, -0.2) is 94.9 Å². The fourth-order valence-corrected chi connectivity index (χ4v) is 5.02. The van der Waals surface area contributed by atoms with E-state index in [0.29, 0.717) is 0 Å². The second kappa shape index (κ2) is 6.34. The van der Waals surface area contributed by atoms with Crippen LogP contribution in [0.3, 0.4) is 0 Å². The van der Waals surface area contributed by atoms with Crippen LogP contribution in [0.4, 0.5) is 0 Å². The molecule has 0 saturated carbocycles. The first-order valence-electron chi connectivity index (χ1n) is 4.92. The zero-order chi connectivity index (χ0) is 12.2. The zero-order valence-corrected chi connectivity index (χ0v) is 13.3. The Bertz CT molecular complexity index is 195. The summed E-state index contributed by atoms with van der Waals surface area (Å²) in [6.45, 7) is 0. The molecule has 0 aliphatic rings. The van der Waals surface area contributed by atoms with Gasteiger partial charge in [0.15, 0.2) is 0 Å². The van der Waals surface area contributed by atoms with E-state index >= 15 is 0 Å².